The van der Waals surface area contributed by atoms with Crippen molar-refractivity contribution in [1.29, 1.82) is 0 Å². The average molecular weight is 222 g/mol. The maximum Gasteiger partial charge on any atom is 0.276 e. The van der Waals surface area contributed by atoms with E-state index in [4.69, 9.17) is 5.73 Å². The Morgan fingerprint density at radius 1 is 1.44 bits per heavy atom. The number of hydrogen-bond donors (Lipinski definition) is 1. The predicted octanol–water partition coefficient (Wildman–Crippen LogP) is 1.28. The van der Waals surface area contributed by atoms with Gasteiger partial charge in [0.15, 0.2) is 5.69 Å². The van der Waals surface area contributed by atoms with Gasteiger partial charge in [-0.3, -0.25) is 9.48 Å². The number of rotatable bonds is 2. The monoisotopic (exact) mass is 222 g/mol. The molecule has 0 bridgehead atoms. The number of nitrogen functional groups attached to an aromatic ring is 1. The summed E-state index contributed by atoms with van der Waals surface area (Å²) in [5, 5.41) is 4.25. The summed E-state index contributed by atoms with van der Waals surface area (Å²) < 4.78 is 1.73. The first-order valence-electron chi connectivity index (χ1n) is 5.73. The number of anilines is 1. The van der Waals surface area contributed by atoms with E-state index >= 15 is 0 Å². The molecule has 0 aromatic carbocycles. The summed E-state index contributed by atoms with van der Waals surface area (Å²) >= 11 is 0. The van der Waals surface area contributed by atoms with E-state index in [-0.39, 0.29) is 11.9 Å². The number of likely N-dealkylation sites (tertiary alicyclic amines) is 1. The topological polar surface area (TPSA) is 64.2 Å². The van der Waals surface area contributed by atoms with Crippen LogP contribution in [0.3, 0.4) is 0 Å². The minimum atomic E-state index is -0.0330. The Balaban J connectivity index is 2.22. The number of hydrogen-bond acceptors (Lipinski definition) is 3. The standard InChI is InChI=1S/C11H18N4O/c1-8(2)15-7-9(12)10(13-15)11(16)14-5-3-4-6-14/h7-8H,3-6,12H2,1-2H3. The lowest BCUT2D eigenvalue weighted by Gasteiger charge is -2.13. The van der Waals surface area contributed by atoms with Gasteiger partial charge in [0.25, 0.3) is 5.91 Å². The van der Waals surface area contributed by atoms with E-state index in [9.17, 15) is 4.79 Å². The highest BCUT2D eigenvalue weighted by atomic mass is 16.2. The molecule has 1 aliphatic rings. The Kier molecular flexibility index (Phi) is 2.85. The molecule has 5 nitrogen and oxygen atoms in total. The number of carbonyl (C=O) groups is 1. The third-order valence-corrected chi connectivity index (χ3v) is 2.89. The molecule has 1 aliphatic heterocycles. The normalized spacial score (nSPS) is 16.1. The molecule has 88 valence electrons. The molecule has 1 amide bonds. The molecule has 0 aliphatic carbocycles. The Morgan fingerprint density at radius 3 is 2.56 bits per heavy atom. The predicted molar refractivity (Wildman–Crippen MR) is 62.2 cm³/mol. The second-order valence-electron chi connectivity index (χ2n) is 4.51. The molecule has 2 N–H and O–H groups in total. The molecule has 0 radical (unpaired) electrons. The van der Waals surface area contributed by atoms with Crippen molar-refractivity contribution in [3.63, 3.8) is 0 Å². The van der Waals surface area contributed by atoms with E-state index in [0.29, 0.717) is 11.4 Å². The van der Waals surface area contributed by atoms with Gasteiger partial charge in [-0.05, 0) is 26.7 Å². The molecule has 0 saturated carbocycles. The fourth-order valence-electron chi connectivity index (χ4n) is 1.91. The van der Waals surface area contributed by atoms with Crippen molar-refractivity contribution in [3.05, 3.63) is 11.9 Å². The Bertz CT molecular complexity index is 391. The van der Waals surface area contributed by atoms with Gasteiger partial charge in [0.1, 0.15) is 0 Å². The van der Waals surface area contributed by atoms with E-state index in [0.717, 1.165) is 25.9 Å². The van der Waals surface area contributed by atoms with Crippen LogP contribution in [0, 0.1) is 0 Å². The Labute approximate surface area is 95.2 Å². The smallest absolute Gasteiger partial charge is 0.276 e. The van der Waals surface area contributed by atoms with E-state index in [2.05, 4.69) is 5.10 Å². The summed E-state index contributed by atoms with van der Waals surface area (Å²) in [7, 11) is 0. The van der Waals surface area contributed by atoms with Gasteiger partial charge in [-0.15, -0.1) is 0 Å². The lowest BCUT2D eigenvalue weighted by molar-refractivity contribution is 0.0787. The second-order valence-corrected chi connectivity index (χ2v) is 4.51. The van der Waals surface area contributed by atoms with Gasteiger partial charge < -0.3 is 10.6 Å². The van der Waals surface area contributed by atoms with Crippen molar-refractivity contribution in [1.82, 2.24) is 14.7 Å². The van der Waals surface area contributed by atoms with E-state index in [1.54, 1.807) is 10.9 Å². The van der Waals surface area contributed by atoms with Gasteiger partial charge in [-0.1, -0.05) is 0 Å². The number of aromatic nitrogens is 2. The molecule has 1 aromatic rings. The Morgan fingerprint density at radius 2 is 2.06 bits per heavy atom. The van der Waals surface area contributed by atoms with Gasteiger partial charge in [0.05, 0.1) is 5.69 Å². The number of nitrogens with two attached hydrogens (primary N) is 1. The molecule has 2 heterocycles. The van der Waals surface area contributed by atoms with Crippen LogP contribution in [0.15, 0.2) is 6.20 Å². The van der Waals surface area contributed by atoms with E-state index in [1.807, 2.05) is 18.7 Å². The summed E-state index contributed by atoms with van der Waals surface area (Å²) in [6.45, 7) is 5.67. The highest BCUT2D eigenvalue weighted by Crippen LogP contribution is 2.18. The quantitative estimate of drug-likeness (QED) is 0.819. The van der Waals surface area contributed by atoms with Crippen molar-refractivity contribution >= 4 is 11.6 Å². The van der Waals surface area contributed by atoms with Crippen LogP contribution < -0.4 is 5.73 Å². The molecule has 0 spiro atoms. The zero-order valence-corrected chi connectivity index (χ0v) is 9.81. The average Bonchev–Trinajstić information content (AvgIpc) is 2.84. The van der Waals surface area contributed by atoms with Crippen LogP contribution in [0.2, 0.25) is 0 Å². The van der Waals surface area contributed by atoms with Crippen molar-refractivity contribution in [2.75, 3.05) is 18.8 Å². The summed E-state index contributed by atoms with van der Waals surface area (Å²) in [5.41, 5.74) is 6.69. The highest BCUT2D eigenvalue weighted by molar-refractivity contribution is 5.97. The van der Waals surface area contributed by atoms with Crippen LogP contribution in [0.1, 0.15) is 43.2 Å². The van der Waals surface area contributed by atoms with E-state index < -0.39 is 0 Å². The van der Waals surface area contributed by atoms with Crippen molar-refractivity contribution < 1.29 is 4.79 Å². The first-order valence-corrected chi connectivity index (χ1v) is 5.73. The Hall–Kier alpha value is -1.52. The molecule has 1 aromatic heterocycles. The first kappa shape index (κ1) is 11.0. The molecule has 1 saturated heterocycles. The van der Waals surface area contributed by atoms with Gasteiger partial charge in [-0.2, -0.15) is 5.10 Å². The van der Waals surface area contributed by atoms with Gasteiger partial charge in [0.2, 0.25) is 0 Å². The molecular weight excluding hydrogens is 204 g/mol. The van der Waals surface area contributed by atoms with Gasteiger partial charge in [0, 0.05) is 25.3 Å². The summed E-state index contributed by atoms with van der Waals surface area (Å²) in [4.78, 5) is 13.9. The molecule has 0 unspecified atom stereocenters. The molecule has 5 heteroatoms. The third kappa shape index (κ3) is 1.89. The minimum Gasteiger partial charge on any atom is -0.396 e. The van der Waals surface area contributed by atoms with Crippen molar-refractivity contribution in [3.8, 4) is 0 Å². The van der Waals surface area contributed by atoms with Crippen LogP contribution in [-0.4, -0.2) is 33.7 Å². The molecular formula is C11H18N4O. The maximum absolute atomic E-state index is 12.1. The van der Waals surface area contributed by atoms with Crippen molar-refractivity contribution in [2.45, 2.75) is 32.7 Å². The van der Waals surface area contributed by atoms with Gasteiger partial charge in [-0.25, -0.2) is 0 Å². The second kappa shape index (κ2) is 4.15. The zero-order chi connectivity index (χ0) is 11.7. The fourth-order valence-corrected chi connectivity index (χ4v) is 1.91. The summed E-state index contributed by atoms with van der Waals surface area (Å²) in [6, 6.07) is 0.224. The van der Waals surface area contributed by atoms with Gasteiger partial charge >= 0.3 is 0 Å². The van der Waals surface area contributed by atoms with Crippen LogP contribution in [0.25, 0.3) is 0 Å². The fraction of sp³-hybridized carbons (Fsp3) is 0.636. The molecule has 1 fully saturated rings. The lowest BCUT2D eigenvalue weighted by atomic mass is 10.3. The van der Waals surface area contributed by atoms with Crippen molar-refractivity contribution in [2.24, 2.45) is 0 Å². The molecule has 2 rings (SSSR count). The van der Waals surface area contributed by atoms with E-state index in [1.165, 1.54) is 0 Å². The minimum absolute atomic E-state index is 0.0330. The molecule has 16 heavy (non-hydrogen) atoms. The number of amides is 1. The van der Waals surface area contributed by atoms with Crippen LogP contribution in [-0.2, 0) is 0 Å². The highest BCUT2D eigenvalue weighted by Gasteiger charge is 2.24. The number of nitrogens with zero attached hydrogens (tertiary/aromatic N) is 3. The zero-order valence-electron chi connectivity index (χ0n) is 9.81. The largest absolute Gasteiger partial charge is 0.396 e. The van der Waals surface area contributed by atoms with Crippen LogP contribution in [0.4, 0.5) is 5.69 Å². The SMILES string of the molecule is CC(C)n1cc(N)c(C(=O)N2CCCC2)n1. The third-order valence-electron chi connectivity index (χ3n) is 2.89. The lowest BCUT2D eigenvalue weighted by Crippen LogP contribution is -2.28. The first-order chi connectivity index (χ1) is 7.59. The van der Waals surface area contributed by atoms with Crippen LogP contribution in [0.5, 0.6) is 0 Å². The number of carbonyl (C=O) groups excluding carboxylic acids is 1. The van der Waals surface area contributed by atoms with Crippen LogP contribution >= 0.6 is 0 Å². The molecule has 0 atom stereocenters. The summed E-state index contributed by atoms with van der Waals surface area (Å²) in [5.74, 6) is -0.0330. The summed E-state index contributed by atoms with van der Waals surface area (Å²) in [6.07, 6.45) is 3.89. The maximum atomic E-state index is 12.1.